The lowest BCUT2D eigenvalue weighted by atomic mass is 10.2. The van der Waals surface area contributed by atoms with E-state index in [1.54, 1.807) is 13.0 Å². The summed E-state index contributed by atoms with van der Waals surface area (Å²) >= 11 is 0. The molecule has 1 amide bonds. The summed E-state index contributed by atoms with van der Waals surface area (Å²) in [5.41, 5.74) is 0.327. The van der Waals surface area contributed by atoms with Gasteiger partial charge in [-0.25, -0.2) is 18.4 Å². The second kappa shape index (κ2) is 7.92. The highest BCUT2D eigenvalue weighted by molar-refractivity contribution is 7.91. The highest BCUT2D eigenvalue weighted by Crippen LogP contribution is 2.23. The van der Waals surface area contributed by atoms with Gasteiger partial charge in [-0.1, -0.05) is 13.3 Å². The summed E-state index contributed by atoms with van der Waals surface area (Å²) in [7, 11) is -2.97. The van der Waals surface area contributed by atoms with E-state index in [-0.39, 0.29) is 23.5 Å². The topological polar surface area (TPSA) is 92.3 Å². The number of aromatic nitrogens is 2. The van der Waals surface area contributed by atoms with Crippen molar-refractivity contribution in [2.75, 3.05) is 29.5 Å². The van der Waals surface area contributed by atoms with Crippen LogP contribution in [0.15, 0.2) is 6.07 Å². The molecule has 0 aliphatic carbocycles. The zero-order chi connectivity index (χ0) is 17.7. The zero-order valence-electron chi connectivity index (χ0n) is 14.6. The van der Waals surface area contributed by atoms with E-state index in [9.17, 15) is 13.2 Å². The van der Waals surface area contributed by atoms with Crippen LogP contribution in [0.1, 0.15) is 49.4 Å². The molecule has 1 aromatic rings. The maximum Gasteiger partial charge on any atom is 0.270 e. The van der Waals surface area contributed by atoms with Crippen molar-refractivity contribution in [2.24, 2.45) is 0 Å². The molecular weight excluding hydrogens is 328 g/mol. The van der Waals surface area contributed by atoms with Crippen molar-refractivity contribution in [3.63, 3.8) is 0 Å². The van der Waals surface area contributed by atoms with Crippen LogP contribution in [0.25, 0.3) is 0 Å². The Hall–Kier alpha value is -1.70. The first-order valence-corrected chi connectivity index (χ1v) is 10.3. The zero-order valence-corrected chi connectivity index (χ0v) is 15.4. The van der Waals surface area contributed by atoms with E-state index in [0.29, 0.717) is 36.8 Å². The second-order valence-corrected chi connectivity index (χ2v) is 8.34. The maximum absolute atomic E-state index is 12.2. The van der Waals surface area contributed by atoms with Gasteiger partial charge in [-0.15, -0.1) is 0 Å². The molecule has 0 radical (unpaired) electrons. The Balaban J connectivity index is 2.21. The highest BCUT2D eigenvalue weighted by atomic mass is 32.2. The molecule has 1 atom stereocenters. The first kappa shape index (κ1) is 18.6. The Morgan fingerprint density at radius 3 is 2.71 bits per heavy atom. The molecule has 1 aliphatic rings. The molecule has 0 bridgehead atoms. The molecule has 1 N–H and O–H groups in total. The van der Waals surface area contributed by atoms with Crippen molar-refractivity contribution >= 4 is 21.6 Å². The summed E-state index contributed by atoms with van der Waals surface area (Å²) < 4.78 is 23.5. The Labute approximate surface area is 143 Å². The van der Waals surface area contributed by atoms with Crippen LogP contribution >= 0.6 is 0 Å². The second-order valence-electron chi connectivity index (χ2n) is 6.11. The summed E-state index contributed by atoms with van der Waals surface area (Å²) in [6, 6.07) is 1.56. The van der Waals surface area contributed by atoms with E-state index >= 15 is 0 Å². The van der Waals surface area contributed by atoms with Gasteiger partial charge in [-0.3, -0.25) is 4.79 Å². The normalized spacial score (nSPS) is 19.2. The molecule has 1 aliphatic heterocycles. The number of nitrogens with zero attached hydrogens (tertiary/aromatic N) is 3. The van der Waals surface area contributed by atoms with E-state index in [1.165, 1.54) is 0 Å². The predicted octanol–water partition coefficient (Wildman–Crippen LogP) is 1.33. The maximum atomic E-state index is 12.2. The fourth-order valence-corrected chi connectivity index (χ4v) is 4.64. The van der Waals surface area contributed by atoms with Crippen LogP contribution in [0.2, 0.25) is 0 Å². The van der Waals surface area contributed by atoms with Gasteiger partial charge in [0.2, 0.25) is 0 Å². The van der Waals surface area contributed by atoms with Crippen LogP contribution in [0.4, 0.5) is 5.82 Å². The van der Waals surface area contributed by atoms with Crippen LogP contribution in [-0.2, 0) is 9.84 Å². The smallest absolute Gasteiger partial charge is 0.270 e. The minimum Gasteiger partial charge on any atom is -0.353 e. The SMILES string of the molecule is CCCCNC(=O)c1cc(N(CC)C2CCS(=O)(=O)C2)nc(C)n1. The number of carbonyl (C=O) groups excluding carboxylic acids is 1. The molecule has 8 heteroatoms. The number of aryl methyl sites for hydroxylation is 1. The number of sulfone groups is 1. The van der Waals surface area contributed by atoms with Crippen LogP contribution < -0.4 is 10.2 Å². The molecule has 0 aromatic carbocycles. The molecule has 2 rings (SSSR count). The first-order chi connectivity index (χ1) is 11.4. The van der Waals surface area contributed by atoms with E-state index in [4.69, 9.17) is 0 Å². The number of nitrogens with one attached hydrogen (secondary N) is 1. The molecule has 1 unspecified atom stereocenters. The Morgan fingerprint density at radius 2 is 2.12 bits per heavy atom. The van der Waals surface area contributed by atoms with Gasteiger partial charge < -0.3 is 10.2 Å². The van der Waals surface area contributed by atoms with Crippen LogP contribution in [0, 0.1) is 6.92 Å². The van der Waals surface area contributed by atoms with Crippen LogP contribution in [-0.4, -0.2) is 54.9 Å². The van der Waals surface area contributed by atoms with Crippen molar-refractivity contribution in [1.29, 1.82) is 0 Å². The van der Waals surface area contributed by atoms with Gasteiger partial charge in [0.15, 0.2) is 9.84 Å². The van der Waals surface area contributed by atoms with Gasteiger partial charge in [0.05, 0.1) is 11.5 Å². The van der Waals surface area contributed by atoms with Gasteiger partial charge >= 0.3 is 0 Å². The van der Waals surface area contributed by atoms with Gasteiger partial charge in [0.25, 0.3) is 5.91 Å². The van der Waals surface area contributed by atoms with Crippen LogP contribution in [0.5, 0.6) is 0 Å². The number of carbonyl (C=O) groups is 1. The molecule has 134 valence electrons. The molecule has 1 fully saturated rings. The lowest BCUT2D eigenvalue weighted by molar-refractivity contribution is 0.0947. The largest absolute Gasteiger partial charge is 0.353 e. The van der Waals surface area contributed by atoms with Gasteiger partial charge in [-0.2, -0.15) is 0 Å². The molecular formula is C16H26N4O3S. The fraction of sp³-hybridized carbons (Fsp3) is 0.688. The third-order valence-electron chi connectivity index (χ3n) is 4.16. The summed E-state index contributed by atoms with van der Waals surface area (Å²) in [4.78, 5) is 22.8. The van der Waals surface area contributed by atoms with Crippen molar-refractivity contribution < 1.29 is 13.2 Å². The minimum atomic E-state index is -2.97. The predicted molar refractivity (Wildman–Crippen MR) is 94.1 cm³/mol. The number of unbranched alkanes of at least 4 members (excludes halogenated alkanes) is 1. The van der Waals surface area contributed by atoms with Crippen molar-refractivity contribution in [3.05, 3.63) is 17.6 Å². The number of amides is 1. The third kappa shape index (κ3) is 4.66. The molecule has 24 heavy (non-hydrogen) atoms. The Bertz CT molecular complexity index is 691. The van der Waals surface area contributed by atoms with E-state index in [2.05, 4.69) is 22.2 Å². The molecule has 1 saturated heterocycles. The van der Waals surface area contributed by atoms with E-state index < -0.39 is 9.84 Å². The molecule has 0 spiro atoms. The molecule has 2 heterocycles. The average molecular weight is 354 g/mol. The molecule has 1 aromatic heterocycles. The Morgan fingerprint density at radius 1 is 1.38 bits per heavy atom. The van der Waals surface area contributed by atoms with Crippen molar-refractivity contribution in [2.45, 2.75) is 46.1 Å². The highest BCUT2D eigenvalue weighted by Gasteiger charge is 2.32. The fourth-order valence-electron chi connectivity index (χ4n) is 2.91. The van der Waals surface area contributed by atoms with Gasteiger partial charge in [0, 0.05) is 25.2 Å². The number of anilines is 1. The van der Waals surface area contributed by atoms with Gasteiger partial charge in [-0.05, 0) is 26.7 Å². The van der Waals surface area contributed by atoms with Crippen molar-refractivity contribution in [3.8, 4) is 0 Å². The summed E-state index contributed by atoms with van der Waals surface area (Å²) in [5.74, 6) is 1.26. The monoisotopic (exact) mass is 354 g/mol. The first-order valence-electron chi connectivity index (χ1n) is 8.47. The number of hydrogen-bond acceptors (Lipinski definition) is 6. The lowest BCUT2D eigenvalue weighted by Gasteiger charge is -2.28. The van der Waals surface area contributed by atoms with Crippen molar-refractivity contribution in [1.82, 2.24) is 15.3 Å². The third-order valence-corrected chi connectivity index (χ3v) is 5.91. The standard InChI is InChI=1S/C16H26N4O3S/c1-4-6-8-17-16(21)14-10-15(19-12(3)18-14)20(5-2)13-7-9-24(22,23)11-13/h10,13H,4-9,11H2,1-3H3,(H,17,21). The molecule has 7 nitrogen and oxygen atoms in total. The summed E-state index contributed by atoms with van der Waals surface area (Å²) in [6.07, 6.45) is 2.52. The quantitative estimate of drug-likeness (QED) is 0.743. The Kier molecular flexibility index (Phi) is 6.15. The number of rotatable bonds is 7. The molecule has 0 saturated carbocycles. The summed E-state index contributed by atoms with van der Waals surface area (Å²) in [6.45, 7) is 7.02. The average Bonchev–Trinajstić information content (AvgIpc) is 2.87. The van der Waals surface area contributed by atoms with E-state index in [0.717, 1.165) is 12.8 Å². The summed E-state index contributed by atoms with van der Waals surface area (Å²) in [5, 5.41) is 2.85. The lowest BCUT2D eigenvalue weighted by Crippen LogP contribution is -2.37. The minimum absolute atomic E-state index is 0.0923. The van der Waals surface area contributed by atoms with E-state index in [1.807, 2.05) is 11.8 Å². The van der Waals surface area contributed by atoms with Gasteiger partial charge in [0.1, 0.15) is 17.3 Å². The number of hydrogen-bond donors (Lipinski definition) is 1. The van der Waals surface area contributed by atoms with Crippen LogP contribution in [0.3, 0.4) is 0 Å².